The number of carbonyl (C=O) groups excluding carboxylic acids is 1. The minimum atomic E-state index is -0.233. The molecule has 2 aliphatic heterocycles. The van der Waals surface area contributed by atoms with Gasteiger partial charge in [0.1, 0.15) is 5.82 Å². The van der Waals surface area contributed by atoms with Gasteiger partial charge in [-0.2, -0.15) is 0 Å². The maximum atomic E-state index is 12.9. The van der Waals surface area contributed by atoms with Gasteiger partial charge in [0.2, 0.25) is 12.5 Å². The van der Waals surface area contributed by atoms with Crippen LogP contribution in [0.5, 0.6) is 17.2 Å². The molecule has 0 spiro atoms. The first kappa shape index (κ1) is 24.1. The second-order valence-corrected chi connectivity index (χ2v) is 9.58. The van der Waals surface area contributed by atoms with Crippen molar-refractivity contribution in [2.75, 3.05) is 27.0 Å². The fourth-order valence-corrected chi connectivity index (χ4v) is 4.78. The number of benzene rings is 1. The van der Waals surface area contributed by atoms with Crippen molar-refractivity contribution in [2.24, 2.45) is 5.92 Å². The second kappa shape index (κ2) is 10.5. The van der Waals surface area contributed by atoms with Crippen LogP contribution < -0.4 is 19.5 Å². The van der Waals surface area contributed by atoms with Crippen LogP contribution in [0.1, 0.15) is 53.9 Å². The van der Waals surface area contributed by atoms with E-state index in [9.17, 15) is 4.79 Å². The molecular formula is C26H32N6O4. The highest BCUT2D eigenvalue weighted by Crippen LogP contribution is 2.42. The van der Waals surface area contributed by atoms with Crippen molar-refractivity contribution in [3.63, 3.8) is 0 Å². The summed E-state index contributed by atoms with van der Waals surface area (Å²) in [5.41, 5.74) is 1.64. The monoisotopic (exact) mass is 492 g/mol. The summed E-state index contributed by atoms with van der Waals surface area (Å²) >= 11 is 0. The SMILES string of the molecule is COc1cc(CN2CCc3nnc(C(CC(C)C)NC(=O)c4cccnc4)n3CC2)cc2c1OCO2. The van der Waals surface area contributed by atoms with Crippen molar-refractivity contribution >= 4 is 5.91 Å². The lowest BCUT2D eigenvalue weighted by Crippen LogP contribution is -2.32. The quantitative estimate of drug-likeness (QED) is 0.512. The molecule has 1 amide bonds. The molecule has 0 aliphatic carbocycles. The molecule has 2 aliphatic rings. The highest BCUT2D eigenvalue weighted by molar-refractivity contribution is 5.94. The number of hydrogen-bond donors (Lipinski definition) is 1. The van der Waals surface area contributed by atoms with Crippen LogP contribution in [0.3, 0.4) is 0 Å². The van der Waals surface area contributed by atoms with Crippen molar-refractivity contribution < 1.29 is 19.0 Å². The Balaban J connectivity index is 1.31. The van der Waals surface area contributed by atoms with E-state index in [1.165, 1.54) is 0 Å². The zero-order valence-corrected chi connectivity index (χ0v) is 20.9. The summed E-state index contributed by atoms with van der Waals surface area (Å²) in [5, 5.41) is 12.2. The molecule has 10 nitrogen and oxygen atoms in total. The van der Waals surface area contributed by atoms with Gasteiger partial charge in [-0.25, -0.2) is 0 Å². The third-order valence-corrected chi connectivity index (χ3v) is 6.52. The van der Waals surface area contributed by atoms with Crippen LogP contribution in [-0.4, -0.2) is 57.5 Å². The van der Waals surface area contributed by atoms with E-state index in [1.807, 2.05) is 12.1 Å². The number of nitrogens with zero attached hydrogens (tertiary/aromatic N) is 5. The number of rotatable bonds is 8. The standard InChI is InChI=1S/C26H32N6O4/c1-17(2)11-20(28-26(33)19-5-4-7-27-14-19)25-30-29-23-6-8-31(9-10-32(23)25)15-18-12-21(34-3)24-22(13-18)35-16-36-24/h4-5,7,12-14,17,20H,6,8-11,15-16H2,1-3H3,(H,28,33). The molecule has 5 rings (SSSR count). The van der Waals surface area contributed by atoms with Crippen LogP contribution in [0.2, 0.25) is 0 Å². The number of fused-ring (bicyclic) bond motifs is 2. The Morgan fingerprint density at radius 1 is 1.19 bits per heavy atom. The molecule has 1 atom stereocenters. The first-order valence-electron chi connectivity index (χ1n) is 12.3. The molecule has 0 fully saturated rings. The van der Waals surface area contributed by atoms with Gasteiger partial charge in [-0.1, -0.05) is 13.8 Å². The molecule has 0 radical (unpaired) electrons. The number of aromatic nitrogens is 4. The van der Waals surface area contributed by atoms with E-state index in [-0.39, 0.29) is 18.7 Å². The number of pyridine rings is 1. The van der Waals surface area contributed by atoms with E-state index in [0.717, 1.165) is 62.0 Å². The number of amides is 1. The molecule has 10 heteroatoms. The fourth-order valence-electron chi connectivity index (χ4n) is 4.78. The lowest BCUT2D eigenvalue weighted by Gasteiger charge is -2.22. The number of carbonyl (C=O) groups is 1. The average molecular weight is 493 g/mol. The third kappa shape index (κ3) is 5.13. The Morgan fingerprint density at radius 2 is 2.08 bits per heavy atom. The number of ether oxygens (including phenoxy) is 3. The first-order chi connectivity index (χ1) is 17.5. The zero-order chi connectivity index (χ0) is 25.1. The van der Waals surface area contributed by atoms with E-state index in [4.69, 9.17) is 14.2 Å². The van der Waals surface area contributed by atoms with Crippen LogP contribution in [0.25, 0.3) is 0 Å². The van der Waals surface area contributed by atoms with Crippen LogP contribution in [0.15, 0.2) is 36.7 Å². The molecule has 2 aromatic heterocycles. The Morgan fingerprint density at radius 3 is 2.86 bits per heavy atom. The van der Waals surface area contributed by atoms with Crippen molar-refractivity contribution in [3.05, 3.63) is 59.4 Å². The maximum Gasteiger partial charge on any atom is 0.253 e. The lowest BCUT2D eigenvalue weighted by atomic mass is 10.0. The fraction of sp³-hybridized carbons (Fsp3) is 0.462. The van der Waals surface area contributed by atoms with Crippen LogP contribution >= 0.6 is 0 Å². The molecule has 190 valence electrons. The Hall–Kier alpha value is -3.66. The van der Waals surface area contributed by atoms with Gasteiger partial charge in [0, 0.05) is 45.0 Å². The van der Waals surface area contributed by atoms with Gasteiger partial charge in [0.05, 0.1) is 18.7 Å². The van der Waals surface area contributed by atoms with Crippen molar-refractivity contribution in [1.82, 2.24) is 30.0 Å². The van der Waals surface area contributed by atoms with Gasteiger partial charge >= 0.3 is 0 Å². The topological polar surface area (TPSA) is 104 Å². The normalized spacial score (nSPS) is 15.9. The summed E-state index contributed by atoms with van der Waals surface area (Å²) in [6.07, 6.45) is 4.78. The molecule has 1 aromatic carbocycles. The van der Waals surface area contributed by atoms with Crippen molar-refractivity contribution in [3.8, 4) is 17.2 Å². The maximum absolute atomic E-state index is 12.9. The summed E-state index contributed by atoms with van der Waals surface area (Å²) in [5.74, 6) is 4.05. The van der Waals surface area contributed by atoms with Crippen molar-refractivity contribution in [1.29, 1.82) is 0 Å². The molecule has 0 saturated carbocycles. The summed E-state index contributed by atoms with van der Waals surface area (Å²) in [6.45, 7) is 7.69. The minimum Gasteiger partial charge on any atom is -0.493 e. The van der Waals surface area contributed by atoms with Gasteiger partial charge in [0.15, 0.2) is 17.3 Å². The van der Waals surface area contributed by atoms with E-state index in [2.05, 4.69) is 43.8 Å². The molecule has 1 N–H and O–H groups in total. The zero-order valence-electron chi connectivity index (χ0n) is 20.9. The Bertz CT molecular complexity index is 1210. The summed E-state index contributed by atoms with van der Waals surface area (Å²) in [4.78, 5) is 19.4. The van der Waals surface area contributed by atoms with E-state index < -0.39 is 0 Å². The molecule has 1 unspecified atom stereocenters. The van der Waals surface area contributed by atoms with E-state index >= 15 is 0 Å². The van der Waals surface area contributed by atoms with Gasteiger partial charge in [-0.3, -0.25) is 14.7 Å². The van der Waals surface area contributed by atoms with Gasteiger partial charge in [-0.05, 0) is 42.2 Å². The number of methoxy groups -OCH3 is 1. The van der Waals surface area contributed by atoms with Crippen LogP contribution in [-0.2, 0) is 19.5 Å². The first-order valence-corrected chi connectivity index (χ1v) is 12.3. The molecule has 0 saturated heterocycles. The molecule has 36 heavy (non-hydrogen) atoms. The van der Waals surface area contributed by atoms with Gasteiger partial charge in [0.25, 0.3) is 5.91 Å². The predicted molar refractivity (Wildman–Crippen MR) is 132 cm³/mol. The summed E-state index contributed by atoms with van der Waals surface area (Å²) in [6, 6.07) is 7.33. The third-order valence-electron chi connectivity index (χ3n) is 6.52. The second-order valence-electron chi connectivity index (χ2n) is 9.58. The highest BCUT2D eigenvalue weighted by atomic mass is 16.7. The molecular weight excluding hydrogens is 460 g/mol. The summed E-state index contributed by atoms with van der Waals surface area (Å²) in [7, 11) is 1.64. The lowest BCUT2D eigenvalue weighted by molar-refractivity contribution is 0.0928. The molecule has 0 bridgehead atoms. The van der Waals surface area contributed by atoms with Crippen molar-refractivity contribution in [2.45, 2.75) is 45.8 Å². The van der Waals surface area contributed by atoms with E-state index in [0.29, 0.717) is 23.0 Å². The minimum absolute atomic E-state index is 0.155. The predicted octanol–water partition coefficient (Wildman–Crippen LogP) is 2.99. The highest BCUT2D eigenvalue weighted by Gasteiger charge is 2.27. The average Bonchev–Trinajstić information content (AvgIpc) is 3.47. The largest absolute Gasteiger partial charge is 0.493 e. The summed E-state index contributed by atoms with van der Waals surface area (Å²) < 4.78 is 18.8. The van der Waals surface area contributed by atoms with Crippen LogP contribution in [0, 0.1) is 5.92 Å². The molecule has 3 aromatic rings. The van der Waals surface area contributed by atoms with Gasteiger partial charge < -0.3 is 24.1 Å². The van der Waals surface area contributed by atoms with Gasteiger partial charge in [-0.15, -0.1) is 10.2 Å². The number of nitrogens with one attached hydrogen (secondary N) is 1. The number of hydrogen-bond acceptors (Lipinski definition) is 8. The Kier molecular flexibility index (Phi) is 7.04. The smallest absolute Gasteiger partial charge is 0.253 e. The Labute approximate surface area is 210 Å². The van der Waals surface area contributed by atoms with E-state index in [1.54, 1.807) is 31.6 Å². The molecule has 4 heterocycles. The van der Waals surface area contributed by atoms with Crippen LogP contribution in [0.4, 0.5) is 0 Å².